The summed E-state index contributed by atoms with van der Waals surface area (Å²) in [5, 5.41) is 2.27. The highest BCUT2D eigenvalue weighted by Crippen LogP contribution is 2.26. The highest BCUT2D eigenvalue weighted by Gasteiger charge is 2.19. The van der Waals surface area contributed by atoms with Crippen LogP contribution in [0.15, 0.2) is 41.7 Å². The zero-order chi connectivity index (χ0) is 12.5. The van der Waals surface area contributed by atoms with Crippen LogP contribution in [-0.2, 0) is 0 Å². The third-order valence-electron chi connectivity index (χ3n) is 3.33. The van der Waals surface area contributed by atoms with Crippen molar-refractivity contribution < 1.29 is 0 Å². The summed E-state index contributed by atoms with van der Waals surface area (Å²) in [5.41, 5.74) is 1.01. The van der Waals surface area contributed by atoms with Crippen molar-refractivity contribution in [2.75, 3.05) is 27.2 Å². The first-order valence-corrected chi connectivity index (χ1v) is 6.09. The van der Waals surface area contributed by atoms with E-state index in [1.54, 1.807) is 0 Å². The molecule has 0 radical (unpaired) electrons. The van der Waals surface area contributed by atoms with Crippen LogP contribution in [0, 0.1) is 0 Å². The van der Waals surface area contributed by atoms with Crippen molar-refractivity contribution >= 4 is 22.4 Å². The van der Waals surface area contributed by atoms with Gasteiger partial charge >= 0.3 is 0 Å². The number of hydrogen-bond donors (Lipinski definition) is 0. The van der Waals surface area contributed by atoms with Crippen molar-refractivity contribution in [1.82, 2.24) is 14.8 Å². The van der Waals surface area contributed by atoms with Gasteiger partial charge in [0.2, 0.25) is 5.96 Å². The van der Waals surface area contributed by atoms with Gasteiger partial charge in [-0.15, -0.1) is 0 Å². The van der Waals surface area contributed by atoms with Crippen molar-refractivity contribution in [3.63, 3.8) is 0 Å². The lowest BCUT2D eigenvalue weighted by atomic mass is 10.1. The molecule has 92 valence electrons. The molecule has 0 bridgehead atoms. The first-order valence-electron chi connectivity index (χ1n) is 6.09. The maximum atomic E-state index is 4.79. The first-order chi connectivity index (χ1) is 8.75. The Balaban J connectivity index is 2.12. The third kappa shape index (κ3) is 1.79. The minimum atomic E-state index is 1.01. The molecule has 0 spiro atoms. The number of fused-ring (bicyclic) bond motifs is 1. The predicted molar refractivity (Wildman–Crippen MR) is 74.1 cm³/mol. The lowest BCUT2D eigenvalue weighted by molar-refractivity contribution is 0.553. The summed E-state index contributed by atoms with van der Waals surface area (Å²) in [6, 6.07) is 8.16. The van der Waals surface area contributed by atoms with Gasteiger partial charge in [-0.05, 0) is 12.1 Å². The van der Waals surface area contributed by atoms with E-state index in [-0.39, 0.29) is 0 Å². The molecule has 2 aromatic rings. The Hall–Kier alpha value is -2.10. The molecule has 3 rings (SSSR count). The number of nitrogens with zero attached hydrogens (tertiary/aromatic N) is 4. The number of benzene rings is 1. The second-order valence-electron chi connectivity index (χ2n) is 4.63. The fourth-order valence-corrected chi connectivity index (χ4v) is 2.27. The van der Waals surface area contributed by atoms with Gasteiger partial charge in [-0.3, -0.25) is 4.98 Å². The molecule has 2 heterocycles. The second-order valence-corrected chi connectivity index (χ2v) is 4.63. The van der Waals surface area contributed by atoms with E-state index < -0.39 is 0 Å². The van der Waals surface area contributed by atoms with Crippen LogP contribution in [0.25, 0.3) is 10.8 Å². The molecule has 18 heavy (non-hydrogen) atoms. The Bertz CT molecular complexity index is 588. The molecule has 1 saturated heterocycles. The molecule has 1 aliphatic rings. The van der Waals surface area contributed by atoms with Gasteiger partial charge in [-0.1, -0.05) is 12.1 Å². The van der Waals surface area contributed by atoms with Crippen LogP contribution < -0.4 is 0 Å². The number of aliphatic imine (C=N–C) groups is 1. The van der Waals surface area contributed by atoms with Gasteiger partial charge in [0.25, 0.3) is 0 Å². The molecule has 1 aliphatic heterocycles. The Morgan fingerprint density at radius 2 is 1.89 bits per heavy atom. The summed E-state index contributed by atoms with van der Waals surface area (Å²) in [7, 11) is 4.16. The molecule has 0 aliphatic carbocycles. The quantitative estimate of drug-likeness (QED) is 0.765. The highest BCUT2D eigenvalue weighted by atomic mass is 15.4. The summed E-state index contributed by atoms with van der Waals surface area (Å²) in [6.07, 6.45) is 3.69. The molecule has 1 aromatic carbocycles. The fourth-order valence-electron chi connectivity index (χ4n) is 2.27. The van der Waals surface area contributed by atoms with Crippen LogP contribution in [0.5, 0.6) is 0 Å². The van der Waals surface area contributed by atoms with E-state index in [1.807, 2.05) is 24.5 Å². The largest absolute Gasteiger partial charge is 0.344 e. The highest BCUT2D eigenvalue weighted by molar-refractivity contribution is 5.95. The molecular weight excluding hydrogens is 224 g/mol. The maximum Gasteiger partial charge on any atom is 0.201 e. The van der Waals surface area contributed by atoms with E-state index in [9.17, 15) is 0 Å². The summed E-state index contributed by atoms with van der Waals surface area (Å²) >= 11 is 0. The molecular formula is C14H16N4. The summed E-state index contributed by atoms with van der Waals surface area (Å²) in [5.74, 6) is 1.03. The minimum absolute atomic E-state index is 1.01. The lowest BCUT2D eigenvalue weighted by Crippen LogP contribution is -2.27. The van der Waals surface area contributed by atoms with E-state index in [4.69, 9.17) is 4.99 Å². The number of hydrogen-bond acceptors (Lipinski definition) is 2. The van der Waals surface area contributed by atoms with E-state index in [0.29, 0.717) is 0 Å². The Morgan fingerprint density at radius 1 is 1.11 bits per heavy atom. The molecule has 0 N–H and O–H groups in total. The Morgan fingerprint density at radius 3 is 2.67 bits per heavy atom. The van der Waals surface area contributed by atoms with Crippen molar-refractivity contribution in [3.8, 4) is 0 Å². The van der Waals surface area contributed by atoms with E-state index in [0.717, 1.165) is 35.5 Å². The van der Waals surface area contributed by atoms with Gasteiger partial charge in [0.15, 0.2) is 0 Å². The number of guanidine groups is 1. The Labute approximate surface area is 107 Å². The Kier molecular flexibility index (Phi) is 2.63. The van der Waals surface area contributed by atoms with Gasteiger partial charge in [0.1, 0.15) is 0 Å². The smallest absolute Gasteiger partial charge is 0.201 e. The molecule has 1 aromatic heterocycles. The van der Waals surface area contributed by atoms with Crippen LogP contribution in [0.4, 0.5) is 5.69 Å². The van der Waals surface area contributed by atoms with Gasteiger partial charge in [-0.25, -0.2) is 4.99 Å². The maximum absolute atomic E-state index is 4.79. The van der Waals surface area contributed by atoms with Crippen LogP contribution >= 0.6 is 0 Å². The normalized spacial score (nSPS) is 15.6. The number of rotatable bonds is 1. The first kappa shape index (κ1) is 11.0. The van der Waals surface area contributed by atoms with Crippen LogP contribution in [0.2, 0.25) is 0 Å². The molecule has 0 unspecified atom stereocenters. The average Bonchev–Trinajstić information content (AvgIpc) is 2.71. The van der Waals surface area contributed by atoms with Crippen LogP contribution in [0.1, 0.15) is 0 Å². The number of pyridine rings is 1. The topological polar surface area (TPSA) is 31.7 Å². The standard InChI is InChI=1S/C14H16N4/c1-17-8-9-18(2)14(17)16-13-5-3-4-11-10-15-7-6-12(11)13/h3-7,10H,8-9H2,1-2H3. The SMILES string of the molecule is CN1CCN(C)C1=Nc1cccc2cnccc12. The van der Waals surface area contributed by atoms with Gasteiger partial charge in [-0.2, -0.15) is 0 Å². The van der Waals surface area contributed by atoms with Gasteiger partial charge in [0, 0.05) is 50.4 Å². The van der Waals surface area contributed by atoms with Gasteiger partial charge in [0.05, 0.1) is 5.69 Å². The summed E-state index contributed by atoms with van der Waals surface area (Å²) in [4.78, 5) is 13.3. The van der Waals surface area contributed by atoms with E-state index >= 15 is 0 Å². The van der Waals surface area contributed by atoms with E-state index in [2.05, 4.69) is 41.0 Å². The molecule has 0 saturated carbocycles. The lowest BCUT2D eigenvalue weighted by Gasteiger charge is -2.16. The predicted octanol–water partition coefficient (Wildman–Crippen LogP) is 2.10. The summed E-state index contributed by atoms with van der Waals surface area (Å²) < 4.78 is 0. The number of aromatic nitrogens is 1. The van der Waals surface area contributed by atoms with Crippen molar-refractivity contribution in [2.24, 2.45) is 4.99 Å². The average molecular weight is 240 g/mol. The van der Waals surface area contributed by atoms with Crippen molar-refractivity contribution in [3.05, 3.63) is 36.7 Å². The van der Waals surface area contributed by atoms with E-state index in [1.165, 1.54) is 0 Å². The summed E-state index contributed by atoms with van der Waals surface area (Å²) in [6.45, 7) is 2.06. The molecule has 0 amide bonds. The number of likely N-dealkylation sites (N-methyl/N-ethyl adjacent to an activating group) is 2. The van der Waals surface area contributed by atoms with Crippen molar-refractivity contribution in [2.45, 2.75) is 0 Å². The zero-order valence-electron chi connectivity index (χ0n) is 10.7. The fraction of sp³-hybridized carbons (Fsp3) is 0.286. The molecule has 4 heteroatoms. The van der Waals surface area contributed by atoms with Crippen LogP contribution in [-0.4, -0.2) is 47.9 Å². The molecule has 0 atom stereocenters. The van der Waals surface area contributed by atoms with Crippen molar-refractivity contribution in [1.29, 1.82) is 0 Å². The van der Waals surface area contributed by atoms with Crippen LogP contribution in [0.3, 0.4) is 0 Å². The molecule has 1 fully saturated rings. The minimum Gasteiger partial charge on any atom is -0.344 e. The zero-order valence-corrected chi connectivity index (χ0v) is 10.7. The second kappa shape index (κ2) is 4.29. The third-order valence-corrected chi connectivity index (χ3v) is 3.33. The monoisotopic (exact) mass is 240 g/mol. The van der Waals surface area contributed by atoms with Gasteiger partial charge < -0.3 is 9.80 Å². The molecule has 4 nitrogen and oxygen atoms in total.